The molecule has 1 saturated carbocycles. The minimum Gasteiger partial charge on any atom is -0.295 e. The summed E-state index contributed by atoms with van der Waals surface area (Å²) < 4.78 is 1.13. The molecule has 0 N–H and O–H groups in total. The lowest BCUT2D eigenvalue weighted by molar-refractivity contribution is 0.237. The van der Waals surface area contributed by atoms with Crippen LogP contribution in [0.3, 0.4) is 0 Å². The van der Waals surface area contributed by atoms with Crippen molar-refractivity contribution in [1.29, 1.82) is 0 Å². The van der Waals surface area contributed by atoms with Gasteiger partial charge in [-0.15, -0.1) is 0 Å². The highest BCUT2D eigenvalue weighted by atomic mass is 79.9. The minimum atomic E-state index is 0.915. The number of nitrogens with zero attached hydrogens (tertiary/aromatic N) is 1. The molecule has 62 valence electrons. The highest BCUT2D eigenvalue weighted by Gasteiger charge is 2.43. The molecule has 0 aromatic heterocycles. The molecule has 11 heavy (non-hydrogen) atoms. The monoisotopic (exact) mass is 215 g/mol. The van der Waals surface area contributed by atoms with E-state index in [0.717, 1.165) is 23.0 Å². The first kappa shape index (κ1) is 7.81. The number of piperidine rings is 1. The van der Waals surface area contributed by atoms with Crippen LogP contribution in [-0.2, 0) is 0 Å². The van der Waals surface area contributed by atoms with Crippen molar-refractivity contribution in [2.75, 3.05) is 13.1 Å². The van der Waals surface area contributed by atoms with Crippen molar-refractivity contribution in [3.8, 4) is 0 Å². The van der Waals surface area contributed by atoms with Crippen LogP contribution in [0.5, 0.6) is 0 Å². The van der Waals surface area contributed by atoms with Gasteiger partial charge in [0.1, 0.15) is 0 Å². The van der Waals surface area contributed by atoms with Crippen LogP contribution < -0.4 is 0 Å². The predicted molar refractivity (Wildman–Crippen MR) is 50.8 cm³/mol. The van der Waals surface area contributed by atoms with Crippen LogP contribution >= 0.6 is 15.9 Å². The molecule has 1 heterocycles. The lowest BCUT2D eigenvalue weighted by Gasteiger charge is -2.25. The fraction of sp³-hybridized carbons (Fsp3) is 0.778. The summed E-state index contributed by atoms with van der Waals surface area (Å²) in [6.07, 6.45) is 4.30. The van der Waals surface area contributed by atoms with E-state index in [9.17, 15) is 0 Å². The molecular formula is C9H14BrN. The quantitative estimate of drug-likeness (QED) is 0.684. The van der Waals surface area contributed by atoms with Gasteiger partial charge in [0.05, 0.1) is 0 Å². The number of fused-ring (bicyclic) bond motifs is 1. The first-order chi connectivity index (χ1) is 5.27. The van der Waals surface area contributed by atoms with E-state index in [4.69, 9.17) is 0 Å². The smallest absolute Gasteiger partial charge is 0.0296 e. The molecule has 2 aliphatic rings. The molecule has 0 aromatic rings. The normalized spacial score (nSPS) is 36.5. The number of hydrogen-bond acceptors (Lipinski definition) is 1. The average Bonchev–Trinajstić information content (AvgIpc) is 2.65. The largest absolute Gasteiger partial charge is 0.295 e. The van der Waals surface area contributed by atoms with Crippen LogP contribution in [0.25, 0.3) is 0 Å². The van der Waals surface area contributed by atoms with Gasteiger partial charge in [0.15, 0.2) is 0 Å². The number of rotatable bonds is 2. The summed E-state index contributed by atoms with van der Waals surface area (Å²) in [7, 11) is 0. The van der Waals surface area contributed by atoms with E-state index in [1.54, 1.807) is 0 Å². The highest BCUT2D eigenvalue weighted by Crippen LogP contribution is 2.43. The van der Waals surface area contributed by atoms with Crippen molar-refractivity contribution >= 4 is 15.9 Å². The molecule has 1 saturated heterocycles. The Morgan fingerprint density at radius 1 is 1.64 bits per heavy atom. The van der Waals surface area contributed by atoms with E-state index in [0.29, 0.717) is 0 Å². The zero-order valence-electron chi connectivity index (χ0n) is 6.72. The van der Waals surface area contributed by atoms with Gasteiger partial charge in [-0.05, 0) is 31.7 Å². The Bertz CT molecular complexity index is 178. The molecular weight excluding hydrogens is 202 g/mol. The summed E-state index contributed by atoms with van der Waals surface area (Å²) >= 11 is 3.42. The first-order valence-electron chi connectivity index (χ1n) is 4.34. The number of hydrogen-bond donors (Lipinski definition) is 0. The van der Waals surface area contributed by atoms with Crippen molar-refractivity contribution in [2.24, 2.45) is 5.92 Å². The van der Waals surface area contributed by atoms with Gasteiger partial charge >= 0.3 is 0 Å². The summed E-state index contributed by atoms with van der Waals surface area (Å²) in [5.41, 5.74) is 0. The van der Waals surface area contributed by atoms with Crippen LogP contribution in [-0.4, -0.2) is 24.0 Å². The van der Waals surface area contributed by atoms with E-state index < -0.39 is 0 Å². The minimum absolute atomic E-state index is 0.915. The topological polar surface area (TPSA) is 3.24 Å². The van der Waals surface area contributed by atoms with Gasteiger partial charge in [0.2, 0.25) is 0 Å². The van der Waals surface area contributed by atoms with Gasteiger partial charge in [-0.2, -0.15) is 0 Å². The summed E-state index contributed by atoms with van der Waals surface area (Å²) in [6, 6.07) is 0.915. The zero-order valence-corrected chi connectivity index (χ0v) is 8.31. The molecule has 2 unspecified atom stereocenters. The third kappa shape index (κ3) is 1.67. The van der Waals surface area contributed by atoms with Crippen LogP contribution in [0.4, 0.5) is 0 Å². The molecule has 0 aromatic carbocycles. The van der Waals surface area contributed by atoms with Crippen LogP contribution in [0, 0.1) is 5.92 Å². The molecule has 2 rings (SSSR count). The molecule has 1 aliphatic carbocycles. The van der Waals surface area contributed by atoms with E-state index in [1.807, 2.05) is 0 Å². The van der Waals surface area contributed by atoms with E-state index >= 15 is 0 Å². The Morgan fingerprint density at radius 3 is 3.18 bits per heavy atom. The summed E-state index contributed by atoms with van der Waals surface area (Å²) in [5.74, 6) is 1.04. The van der Waals surface area contributed by atoms with Gasteiger partial charge in [0.25, 0.3) is 0 Å². The Labute approximate surface area is 76.6 Å². The van der Waals surface area contributed by atoms with Crippen molar-refractivity contribution in [2.45, 2.75) is 25.3 Å². The highest BCUT2D eigenvalue weighted by molar-refractivity contribution is 9.11. The molecule has 2 atom stereocenters. The van der Waals surface area contributed by atoms with Crippen molar-refractivity contribution in [3.63, 3.8) is 0 Å². The van der Waals surface area contributed by atoms with Crippen LogP contribution in [0.2, 0.25) is 0 Å². The molecule has 0 spiro atoms. The third-order valence-corrected chi connectivity index (χ3v) is 3.00. The molecule has 2 heteroatoms. The molecule has 0 amide bonds. The SMILES string of the molecule is C=C(Br)CN1CCCC2CC21. The molecule has 2 fully saturated rings. The van der Waals surface area contributed by atoms with Gasteiger partial charge < -0.3 is 0 Å². The van der Waals surface area contributed by atoms with E-state index in [1.165, 1.54) is 25.8 Å². The third-order valence-electron chi connectivity index (χ3n) is 2.75. The fourth-order valence-electron chi connectivity index (χ4n) is 2.13. The lowest BCUT2D eigenvalue weighted by Crippen LogP contribution is -2.32. The number of likely N-dealkylation sites (tertiary alicyclic amines) is 1. The second-order valence-corrected chi connectivity index (χ2v) is 4.81. The fourth-order valence-corrected chi connectivity index (χ4v) is 2.45. The van der Waals surface area contributed by atoms with Crippen LogP contribution in [0.1, 0.15) is 19.3 Å². The van der Waals surface area contributed by atoms with E-state index in [-0.39, 0.29) is 0 Å². The van der Waals surface area contributed by atoms with Crippen molar-refractivity contribution in [3.05, 3.63) is 11.1 Å². The Hall–Kier alpha value is 0.180. The Balaban J connectivity index is 1.88. The van der Waals surface area contributed by atoms with Crippen molar-refractivity contribution < 1.29 is 0 Å². The zero-order chi connectivity index (χ0) is 7.84. The van der Waals surface area contributed by atoms with Crippen molar-refractivity contribution in [1.82, 2.24) is 4.90 Å². The number of halogens is 1. The lowest BCUT2D eigenvalue weighted by atomic mass is 10.1. The van der Waals surface area contributed by atoms with Gasteiger partial charge in [-0.3, -0.25) is 4.90 Å². The van der Waals surface area contributed by atoms with Crippen LogP contribution in [0.15, 0.2) is 11.1 Å². The maximum Gasteiger partial charge on any atom is 0.0296 e. The van der Waals surface area contributed by atoms with E-state index in [2.05, 4.69) is 27.4 Å². The second kappa shape index (κ2) is 2.91. The standard InChI is InChI=1S/C9H14BrN/c1-7(10)6-11-4-2-3-8-5-9(8)11/h8-9H,1-6H2. The Kier molecular flexibility index (Phi) is 2.06. The average molecular weight is 216 g/mol. The molecule has 0 bridgehead atoms. The molecule has 0 radical (unpaired) electrons. The molecule has 1 nitrogen and oxygen atoms in total. The maximum absolute atomic E-state index is 3.88. The summed E-state index contributed by atoms with van der Waals surface area (Å²) in [5, 5.41) is 0. The first-order valence-corrected chi connectivity index (χ1v) is 5.14. The summed E-state index contributed by atoms with van der Waals surface area (Å²) in [6.45, 7) is 6.22. The molecule has 1 aliphatic heterocycles. The summed E-state index contributed by atoms with van der Waals surface area (Å²) in [4.78, 5) is 2.56. The van der Waals surface area contributed by atoms with Gasteiger partial charge in [-0.25, -0.2) is 0 Å². The van der Waals surface area contributed by atoms with Gasteiger partial charge in [0, 0.05) is 17.1 Å². The predicted octanol–water partition coefficient (Wildman–Crippen LogP) is 2.38. The Morgan fingerprint density at radius 2 is 2.45 bits per heavy atom. The second-order valence-electron chi connectivity index (χ2n) is 3.69. The maximum atomic E-state index is 3.88. The van der Waals surface area contributed by atoms with Gasteiger partial charge in [-0.1, -0.05) is 22.5 Å².